The number of likely N-dealkylation sites (tertiary alicyclic amines) is 1. The SMILES string of the molecule is O=c1c(O)c(-c2ccc(O)c(O)c2)oc2c(CN3CCCC3)c(O)cc(O)c12. The second kappa shape index (κ2) is 6.65. The average Bonchev–Trinajstić information content (AvgIpc) is 3.16. The van der Waals surface area contributed by atoms with E-state index in [1.54, 1.807) is 0 Å². The Morgan fingerprint density at radius 2 is 1.61 bits per heavy atom. The van der Waals surface area contributed by atoms with Crippen molar-refractivity contribution in [2.75, 3.05) is 13.1 Å². The van der Waals surface area contributed by atoms with Crippen LogP contribution in [0.4, 0.5) is 0 Å². The van der Waals surface area contributed by atoms with Crippen molar-refractivity contribution in [1.82, 2.24) is 4.90 Å². The Balaban J connectivity index is 1.98. The minimum Gasteiger partial charge on any atom is -0.507 e. The molecule has 28 heavy (non-hydrogen) atoms. The zero-order valence-electron chi connectivity index (χ0n) is 14.8. The van der Waals surface area contributed by atoms with Gasteiger partial charge in [-0.3, -0.25) is 9.69 Å². The summed E-state index contributed by atoms with van der Waals surface area (Å²) in [7, 11) is 0. The number of phenols is 4. The minimum absolute atomic E-state index is 0.0326. The zero-order valence-corrected chi connectivity index (χ0v) is 14.8. The van der Waals surface area contributed by atoms with E-state index in [4.69, 9.17) is 4.42 Å². The summed E-state index contributed by atoms with van der Waals surface area (Å²) in [6, 6.07) is 4.76. The van der Waals surface area contributed by atoms with Gasteiger partial charge in [0, 0.05) is 18.2 Å². The number of phenolic OH excluding ortho intramolecular Hbond substituents is 4. The Morgan fingerprint density at radius 1 is 0.893 bits per heavy atom. The van der Waals surface area contributed by atoms with E-state index in [9.17, 15) is 30.3 Å². The van der Waals surface area contributed by atoms with Crippen LogP contribution in [0.15, 0.2) is 33.5 Å². The molecule has 0 unspecified atom stereocenters. The van der Waals surface area contributed by atoms with E-state index in [1.165, 1.54) is 12.1 Å². The first-order valence-electron chi connectivity index (χ1n) is 8.85. The van der Waals surface area contributed by atoms with E-state index >= 15 is 0 Å². The van der Waals surface area contributed by atoms with E-state index < -0.39 is 22.7 Å². The number of nitrogens with zero attached hydrogens (tertiary/aromatic N) is 1. The molecular weight excluding hydrogens is 366 g/mol. The second-order valence-corrected chi connectivity index (χ2v) is 6.89. The molecule has 0 aliphatic carbocycles. The van der Waals surface area contributed by atoms with E-state index in [0.29, 0.717) is 12.1 Å². The third-order valence-corrected chi connectivity index (χ3v) is 5.02. The van der Waals surface area contributed by atoms with Crippen LogP contribution >= 0.6 is 0 Å². The first-order valence-corrected chi connectivity index (χ1v) is 8.85. The molecule has 0 atom stereocenters. The van der Waals surface area contributed by atoms with Crippen LogP contribution in [0.1, 0.15) is 18.4 Å². The molecule has 1 saturated heterocycles. The molecule has 146 valence electrons. The maximum atomic E-state index is 12.7. The molecule has 8 heteroatoms. The van der Waals surface area contributed by atoms with Crippen LogP contribution in [0.5, 0.6) is 28.7 Å². The summed E-state index contributed by atoms with van der Waals surface area (Å²) in [4.78, 5) is 14.8. The van der Waals surface area contributed by atoms with Crippen LogP contribution in [0, 0.1) is 0 Å². The van der Waals surface area contributed by atoms with Crippen LogP contribution in [-0.2, 0) is 6.54 Å². The maximum Gasteiger partial charge on any atom is 0.238 e. The van der Waals surface area contributed by atoms with Gasteiger partial charge in [-0.15, -0.1) is 0 Å². The van der Waals surface area contributed by atoms with Gasteiger partial charge in [0.15, 0.2) is 22.8 Å². The average molecular weight is 385 g/mol. The molecule has 3 aromatic rings. The van der Waals surface area contributed by atoms with Crippen molar-refractivity contribution in [3.05, 3.63) is 40.1 Å². The summed E-state index contributed by atoms with van der Waals surface area (Å²) in [6.07, 6.45) is 2.05. The van der Waals surface area contributed by atoms with Crippen LogP contribution in [0.3, 0.4) is 0 Å². The molecule has 2 aromatic carbocycles. The number of benzene rings is 2. The number of rotatable bonds is 3. The van der Waals surface area contributed by atoms with Gasteiger partial charge in [0.1, 0.15) is 16.9 Å². The first-order chi connectivity index (χ1) is 13.4. The van der Waals surface area contributed by atoms with Crippen molar-refractivity contribution < 1.29 is 29.9 Å². The monoisotopic (exact) mass is 385 g/mol. The highest BCUT2D eigenvalue weighted by Gasteiger charge is 2.24. The molecule has 1 aromatic heterocycles. The highest BCUT2D eigenvalue weighted by atomic mass is 16.4. The van der Waals surface area contributed by atoms with Gasteiger partial charge < -0.3 is 29.9 Å². The molecule has 0 radical (unpaired) electrons. The maximum absolute atomic E-state index is 12.7. The standard InChI is InChI=1S/C20H19NO7/c22-12-4-3-10(7-14(12)24)19-18(27)17(26)16-15(25)8-13(23)11(20(16)28-19)9-21-5-1-2-6-21/h3-4,7-8,22-25,27H,1-2,5-6,9H2. The lowest BCUT2D eigenvalue weighted by atomic mass is 10.0. The van der Waals surface area contributed by atoms with Gasteiger partial charge in [-0.25, -0.2) is 0 Å². The molecule has 4 rings (SSSR count). The molecule has 1 aliphatic rings. The van der Waals surface area contributed by atoms with Crippen molar-refractivity contribution in [2.24, 2.45) is 0 Å². The van der Waals surface area contributed by atoms with Crippen molar-refractivity contribution in [2.45, 2.75) is 19.4 Å². The Labute approximate surface area is 159 Å². The molecule has 2 heterocycles. The van der Waals surface area contributed by atoms with Gasteiger partial charge in [0.05, 0.1) is 5.56 Å². The fourth-order valence-electron chi connectivity index (χ4n) is 3.55. The third-order valence-electron chi connectivity index (χ3n) is 5.02. The predicted octanol–water partition coefficient (Wildman–Crippen LogP) is 2.58. The zero-order chi connectivity index (χ0) is 20.0. The van der Waals surface area contributed by atoms with E-state index in [-0.39, 0.29) is 33.8 Å². The van der Waals surface area contributed by atoms with Gasteiger partial charge >= 0.3 is 0 Å². The van der Waals surface area contributed by atoms with Crippen molar-refractivity contribution in [3.63, 3.8) is 0 Å². The lowest BCUT2D eigenvalue weighted by Gasteiger charge is -2.18. The van der Waals surface area contributed by atoms with Crippen LogP contribution in [0.2, 0.25) is 0 Å². The molecule has 0 saturated carbocycles. The summed E-state index contributed by atoms with van der Waals surface area (Å²) in [5.74, 6) is -2.51. The molecular formula is C20H19NO7. The first kappa shape index (κ1) is 18.0. The fraction of sp³-hybridized carbons (Fsp3) is 0.250. The summed E-state index contributed by atoms with van der Waals surface area (Å²) in [5, 5.41) is 49.9. The van der Waals surface area contributed by atoms with E-state index in [1.807, 2.05) is 0 Å². The van der Waals surface area contributed by atoms with Gasteiger partial charge in [-0.2, -0.15) is 0 Å². The largest absolute Gasteiger partial charge is 0.507 e. The van der Waals surface area contributed by atoms with E-state index in [0.717, 1.165) is 38.1 Å². The number of fused-ring (bicyclic) bond motifs is 1. The summed E-state index contributed by atoms with van der Waals surface area (Å²) in [6.45, 7) is 1.99. The molecule has 0 spiro atoms. The van der Waals surface area contributed by atoms with Gasteiger partial charge in [-0.1, -0.05) is 0 Å². The molecule has 1 aliphatic heterocycles. The molecule has 0 amide bonds. The quantitative estimate of drug-likeness (QED) is 0.434. The van der Waals surface area contributed by atoms with Crippen molar-refractivity contribution in [1.29, 1.82) is 0 Å². The van der Waals surface area contributed by atoms with Crippen LogP contribution in [-0.4, -0.2) is 43.5 Å². The number of hydrogen-bond donors (Lipinski definition) is 5. The molecule has 1 fully saturated rings. The predicted molar refractivity (Wildman–Crippen MR) is 101 cm³/mol. The normalized spacial score (nSPS) is 14.7. The topological polar surface area (TPSA) is 135 Å². The smallest absolute Gasteiger partial charge is 0.238 e. The Hall–Kier alpha value is -3.39. The Morgan fingerprint density at radius 3 is 2.29 bits per heavy atom. The molecule has 5 N–H and O–H groups in total. The molecule has 8 nitrogen and oxygen atoms in total. The number of hydrogen-bond acceptors (Lipinski definition) is 8. The highest BCUT2D eigenvalue weighted by molar-refractivity contribution is 5.91. The van der Waals surface area contributed by atoms with Crippen molar-refractivity contribution >= 4 is 11.0 Å². The highest BCUT2D eigenvalue weighted by Crippen LogP contribution is 2.40. The Kier molecular flexibility index (Phi) is 4.27. The lowest BCUT2D eigenvalue weighted by Crippen LogP contribution is -2.19. The fourth-order valence-corrected chi connectivity index (χ4v) is 3.55. The van der Waals surface area contributed by atoms with E-state index in [2.05, 4.69) is 4.90 Å². The van der Waals surface area contributed by atoms with Crippen molar-refractivity contribution in [3.8, 4) is 40.1 Å². The third kappa shape index (κ3) is 2.87. The summed E-state index contributed by atoms with van der Waals surface area (Å²) < 4.78 is 5.77. The summed E-state index contributed by atoms with van der Waals surface area (Å²) in [5.41, 5.74) is -0.406. The van der Waals surface area contributed by atoms with Crippen LogP contribution < -0.4 is 5.43 Å². The Bertz CT molecular complexity index is 1130. The lowest BCUT2D eigenvalue weighted by molar-refractivity contribution is 0.323. The minimum atomic E-state index is -0.857. The van der Waals surface area contributed by atoms with Gasteiger partial charge in [-0.05, 0) is 44.1 Å². The van der Waals surface area contributed by atoms with Gasteiger partial charge in [0.2, 0.25) is 11.2 Å². The number of aromatic hydroxyl groups is 5. The summed E-state index contributed by atoms with van der Waals surface area (Å²) >= 11 is 0. The second-order valence-electron chi connectivity index (χ2n) is 6.89. The van der Waals surface area contributed by atoms with Gasteiger partial charge in [0.25, 0.3) is 0 Å². The van der Waals surface area contributed by atoms with Crippen LogP contribution in [0.25, 0.3) is 22.3 Å². The molecule has 0 bridgehead atoms.